The monoisotopic (exact) mass is 321 g/mol. The molecule has 0 aliphatic rings. The molecule has 0 fully saturated rings. The van der Waals surface area contributed by atoms with Crippen molar-refractivity contribution in [1.82, 2.24) is 4.98 Å². The Labute approximate surface area is 119 Å². The first-order valence-corrected chi connectivity index (χ1v) is 6.40. The molecule has 0 bridgehead atoms. The number of ether oxygens (including phenoxy) is 2. The van der Waals surface area contributed by atoms with E-state index < -0.39 is 0 Å². The van der Waals surface area contributed by atoms with Gasteiger partial charge in [0.1, 0.15) is 17.0 Å². The quantitative estimate of drug-likeness (QED) is 0.641. The summed E-state index contributed by atoms with van der Waals surface area (Å²) in [6.07, 6.45) is 1.74. The molecule has 0 atom stereocenters. The summed E-state index contributed by atoms with van der Waals surface area (Å²) in [6.45, 7) is 0.428. The topological polar surface area (TPSA) is 48.4 Å². The Hall–Kier alpha value is -1.88. The van der Waals surface area contributed by atoms with Crippen LogP contribution in [0.15, 0.2) is 47.2 Å². The van der Waals surface area contributed by atoms with Gasteiger partial charge in [0.25, 0.3) is 0 Å². The number of halogens is 1. The normalized spacial score (nSPS) is 10.0. The van der Waals surface area contributed by atoms with Gasteiger partial charge in [-0.2, -0.15) is 0 Å². The van der Waals surface area contributed by atoms with E-state index in [0.717, 1.165) is 10.2 Å². The van der Waals surface area contributed by atoms with Crippen molar-refractivity contribution < 1.29 is 14.3 Å². The molecule has 19 heavy (non-hydrogen) atoms. The maximum absolute atomic E-state index is 11.3. The molecule has 5 heteroatoms. The highest BCUT2D eigenvalue weighted by Crippen LogP contribution is 2.15. The van der Waals surface area contributed by atoms with Crippen molar-refractivity contribution in [3.63, 3.8) is 0 Å². The van der Waals surface area contributed by atoms with E-state index in [9.17, 15) is 4.79 Å². The predicted molar refractivity (Wildman–Crippen MR) is 74.1 cm³/mol. The van der Waals surface area contributed by atoms with Crippen molar-refractivity contribution in [3.05, 3.63) is 58.3 Å². The Morgan fingerprint density at radius 1 is 1.21 bits per heavy atom. The van der Waals surface area contributed by atoms with Gasteiger partial charge in [0.15, 0.2) is 0 Å². The summed E-state index contributed by atoms with van der Waals surface area (Å²) in [5.41, 5.74) is 1.47. The molecule has 0 amide bonds. The van der Waals surface area contributed by atoms with Crippen LogP contribution < -0.4 is 4.74 Å². The number of hydrogen-bond donors (Lipinski definition) is 0. The second-order valence-electron chi connectivity index (χ2n) is 3.79. The van der Waals surface area contributed by atoms with Crippen LogP contribution in [-0.2, 0) is 11.3 Å². The van der Waals surface area contributed by atoms with Crippen LogP contribution in [0.25, 0.3) is 0 Å². The fourth-order valence-corrected chi connectivity index (χ4v) is 1.70. The van der Waals surface area contributed by atoms with Gasteiger partial charge in [0, 0.05) is 11.8 Å². The molecule has 0 spiro atoms. The van der Waals surface area contributed by atoms with Gasteiger partial charge in [0.2, 0.25) is 0 Å². The van der Waals surface area contributed by atoms with Crippen LogP contribution >= 0.6 is 15.9 Å². The summed E-state index contributed by atoms with van der Waals surface area (Å²) in [6, 6.07) is 10.6. The van der Waals surface area contributed by atoms with E-state index in [4.69, 9.17) is 4.74 Å². The number of benzene rings is 1. The molecule has 0 radical (unpaired) electrons. The maximum Gasteiger partial charge on any atom is 0.337 e. The van der Waals surface area contributed by atoms with Crippen molar-refractivity contribution in [2.24, 2.45) is 0 Å². The van der Waals surface area contributed by atoms with Crippen molar-refractivity contribution in [3.8, 4) is 5.75 Å². The van der Waals surface area contributed by atoms with E-state index in [0.29, 0.717) is 17.9 Å². The van der Waals surface area contributed by atoms with Gasteiger partial charge in [-0.05, 0) is 46.3 Å². The fourth-order valence-electron chi connectivity index (χ4n) is 1.46. The second kappa shape index (κ2) is 6.33. The molecule has 1 heterocycles. The van der Waals surface area contributed by atoms with Gasteiger partial charge in [-0.1, -0.05) is 6.07 Å². The summed E-state index contributed by atoms with van der Waals surface area (Å²) in [4.78, 5) is 15.4. The number of esters is 1. The molecular formula is C14H12BrNO3. The van der Waals surface area contributed by atoms with E-state index in [1.54, 1.807) is 30.5 Å². The molecular weight excluding hydrogens is 310 g/mol. The van der Waals surface area contributed by atoms with Crippen LogP contribution in [0.2, 0.25) is 0 Å². The lowest BCUT2D eigenvalue weighted by Crippen LogP contribution is -2.01. The van der Waals surface area contributed by atoms with Gasteiger partial charge < -0.3 is 9.47 Å². The number of pyridine rings is 1. The number of aromatic nitrogens is 1. The second-order valence-corrected chi connectivity index (χ2v) is 4.61. The summed E-state index contributed by atoms with van der Waals surface area (Å²) < 4.78 is 11.0. The van der Waals surface area contributed by atoms with E-state index in [2.05, 4.69) is 25.7 Å². The maximum atomic E-state index is 11.3. The van der Waals surface area contributed by atoms with E-state index >= 15 is 0 Å². The lowest BCUT2D eigenvalue weighted by Gasteiger charge is -2.06. The van der Waals surface area contributed by atoms with Gasteiger partial charge in [-0.3, -0.25) is 0 Å². The van der Waals surface area contributed by atoms with Crippen LogP contribution in [-0.4, -0.2) is 18.1 Å². The third kappa shape index (κ3) is 3.79. The van der Waals surface area contributed by atoms with Gasteiger partial charge in [-0.15, -0.1) is 0 Å². The lowest BCUT2D eigenvalue weighted by molar-refractivity contribution is 0.0600. The van der Waals surface area contributed by atoms with E-state index in [1.807, 2.05) is 12.1 Å². The largest absolute Gasteiger partial charge is 0.489 e. The molecule has 2 rings (SSSR count). The third-order valence-electron chi connectivity index (χ3n) is 2.47. The van der Waals surface area contributed by atoms with Gasteiger partial charge >= 0.3 is 5.97 Å². The van der Waals surface area contributed by atoms with Gasteiger partial charge in [-0.25, -0.2) is 9.78 Å². The standard InChI is InChI=1S/C14H12BrNO3/c1-18-14(17)11-3-5-12(6-4-11)19-9-10-2-7-13(15)16-8-10/h2-8H,9H2,1H3. The number of carbonyl (C=O) groups is 1. The van der Waals surface area contributed by atoms with Crippen LogP contribution in [0.1, 0.15) is 15.9 Å². The zero-order chi connectivity index (χ0) is 13.7. The summed E-state index contributed by atoms with van der Waals surface area (Å²) >= 11 is 3.27. The molecule has 0 aliphatic carbocycles. The first-order valence-electron chi connectivity index (χ1n) is 5.60. The highest BCUT2D eigenvalue weighted by atomic mass is 79.9. The summed E-state index contributed by atoms with van der Waals surface area (Å²) in [5.74, 6) is 0.333. The van der Waals surface area contributed by atoms with E-state index in [-0.39, 0.29) is 5.97 Å². The molecule has 2 aromatic rings. The Bertz CT molecular complexity index is 552. The number of hydrogen-bond acceptors (Lipinski definition) is 4. The highest BCUT2D eigenvalue weighted by Gasteiger charge is 2.04. The Morgan fingerprint density at radius 3 is 2.53 bits per heavy atom. The molecule has 98 valence electrons. The molecule has 0 unspecified atom stereocenters. The Balaban J connectivity index is 1.96. The molecule has 4 nitrogen and oxygen atoms in total. The fraction of sp³-hybridized carbons (Fsp3) is 0.143. The van der Waals surface area contributed by atoms with Gasteiger partial charge in [0.05, 0.1) is 12.7 Å². The van der Waals surface area contributed by atoms with Crippen LogP contribution in [0.4, 0.5) is 0 Å². The molecule has 0 saturated carbocycles. The minimum atomic E-state index is -0.358. The van der Waals surface area contributed by atoms with Crippen molar-refractivity contribution in [1.29, 1.82) is 0 Å². The van der Waals surface area contributed by atoms with Crippen molar-refractivity contribution >= 4 is 21.9 Å². The number of carbonyl (C=O) groups excluding carboxylic acids is 1. The molecule has 0 N–H and O–H groups in total. The Morgan fingerprint density at radius 2 is 1.95 bits per heavy atom. The minimum Gasteiger partial charge on any atom is -0.489 e. The number of nitrogens with zero attached hydrogens (tertiary/aromatic N) is 1. The molecule has 1 aromatic heterocycles. The average molecular weight is 322 g/mol. The van der Waals surface area contributed by atoms with Crippen molar-refractivity contribution in [2.75, 3.05) is 7.11 Å². The van der Waals surface area contributed by atoms with Crippen LogP contribution in [0, 0.1) is 0 Å². The summed E-state index contributed by atoms with van der Waals surface area (Å²) in [5, 5.41) is 0. The van der Waals surface area contributed by atoms with E-state index in [1.165, 1.54) is 7.11 Å². The zero-order valence-electron chi connectivity index (χ0n) is 10.3. The summed E-state index contributed by atoms with van der Waals surface area (Å²) in [7, 11) is 1.35. The highest BCUT2D eigenvalue weighted by molar-refractivity contribution is 9.10. The molecule has 0 aliphatic heterocycles. The lowest BCUT2D eigenvalue weighted by atomic mass is 10.2. The number of methoxy groups -OCH3 is 1. The Kier molecular flexibility index (Phi) is 4.52. The number of rotatable bonds is 4. The minimum absolute atomic E-state index is 0.358. The van der Waals surface area contributed by atoms with Crippen LogP contribution in [0.3, 0.4) is 0 Å². The first kappa shape index (κ1) is 13.5. The first-order chi connectivity index (χ1) is 9.19. The van der Waals surface area contributed by atoms with Crippen molar-refractivity contribution in [2.45, 2.75) is 6.61 Å². The average Bonchev–Trinajstić information content (AvgIpc) is 2.46. The molecule has 1 aromatic carbocycles. The van der Waals surface area contributed by atoms with Crippen LogP contribution in [0.5, 0.6) is 5.75 Å². The third-order valence-corrected chi connectivity index (χ3v) is 2.94. The predicted octanol–water partition coefficient (Wildman–Crippen LogP) is 3.21. The SMILES string of the molecule is COC(=O)c1ccc(OCc2ccc(Br)nc2)cc1. The smallest absolute Gasteiger partial charge is 0.337 e. The zero-order valence-corrected chi connectivity index (χ0v) is 11.9. The molecule has 0 saturated heterocycles.